The number of benzene rings is 1. The molecule has 1 aliphatic rings. The number of hydrogen-bond acceptors (Lipinski definition) is 4. The highest BCUT2D eigenvalue weighted by Gasteiger charge is 2.11. The van der Waals surface area contributed by atoms with Crippen LogP contribution in [0.3, 0.4) is 0 Å². The first kappa shape index (κ1) is 11.3. The van der Waals surface area contributed by atoms with Gasteiger partial charge in [-0.2, -0.15) is 0 Å². The summed E-state index contributed by atoms with van der Waals surface area (Å²) in [4.78, 5) is 21.4. The summed E-state index contributed by atoms with van der Waals surface area (Å²) in [6, 6.07) is 6.25. The quantitative estimate of drug-likeness (QED) is 0.642. The lowest BCUT2D eigenvalue weighted by atomic mass is 10.0. The Balaban J connectivity index is 2.16. The maximum absolute atomic E-state index is 11.2. The Kier molecular flexibility index (Phi) is 3.18. The van der Waals surface area contributed by atoms with Crippen LogP contribution in [0.2, 0.25) is 0 Å². The standard InChI is InChI=1S/C12H12N2O3/c15-12-6-2-4-10(8-12)13-9-3-1-5-11(7-9)14(16)17/h1,3,5,7-8,13H,2,4,6H2. The van der Waals surface area contributed by atoms with E-state index in [1.54, 1.807) is 18.2 Å². The van der Waals surface area contributed by atoms with Crippen LogP contribution < -0.4 is 5.32 Å². The molecule has 0 saturated heterocycles. The Labute approximate surface area is 98.3 Å². The molecule has 5 nitrogen and oxygen atoms in total. The number of nitro benzene ring substituents is 1. The number of carbonyl (C=O) groups excluding carboxylic acids is 1. The van der Waals surface area contributed by atoms with Gasteiger partial charge in [-0.05, 0) is 18.9 Å². The lowest BCUT2D eigenvalue weighted by Gasteiger charge is -2.14. The highest BCUT2D eigenvalue weighted by atomic mass is 16.6. The van der Waals surface area contributed by atoms with Gasteiger partial charge in [-0.3, -0.25) is 14.9 Å². The Morgan fingerprint density at radius 2 is 2.12 bits per heavy atom. The van der Waals surface area contributed by atoms with Gasteiger partial charge >= 0.3 is 0 Å². The molecule has 0 unspecified atom stereocenters. The molecule has 0 saturated carbocycles. The van der Waals surface area contributed by atoms with Crippen molar-refractivity contribution in [2.45, 2.75) is 19.3 Å². The van der Waals surface area contributed by atoms with Gasteiger partial charge in [-0.1, -0.05) is 6.07 Å². The smallest absolute Gasteiger partial charge is 0.271 e. The molecule has 5 heteroatoms. The normalized spacial score (nSPS) is 15.3. The lowest BCUT2D eigenvalue weighted by Crippen LogP contribution is -2.09. The van der Waals surface area contributed by atoms with Crippen molar-refractivity contribution in [3.63, 3.8) is 0 Å². The van der Waals surface area contributed by atoms with Gasteiger partial charge in [0.1, 0.15) is 0 Å². The summed E-state index contributed by atoms with van der Waals surface area (Å²) in [5.74, 6) is 0.101. The summed E-state index contributed by atoms with van der Waals surface area (Å²) in [6.07, 6.45) is 3.78. The van der Waals surface area contributed by atoms with E-state index in [0.717, 1.165) is 18.5 Å². The van der Waals surface area contributed by atoms with Crippen LogP contribution in [0.25, 0.3) is 0 Å². The van der Waals surface area contributed by atoms with Crippen LogP contribution >= 0.6 is 0 Å². The third kappa shape index (κ3) is 2.90. The highest BCUT2D eigenvalue weighted by molar-refractivity contribution is 5.91. The molecule has 17 heavy (non-hydrogen) atoms. The van der Waals surface area contributed by atoms with Crippen molar-refractivity contribution in [2.75, 3.05) is 5.32 Å². The number of rotatable bonds is 3. The number of ketones is 1. The van der Waals surface area contributed by atoms with E-state index in [1.165, 1.54) is 12.1 Å². The van der Waals surface area contributed by atoms with E-state index < -0.39 is 4.92 Å². The molecule has 0 spiro atoms. The predicted molar refractivity (Wildman–Crippen MR) is 63.7 cm³/mol. The molecule has 0 amide bonds. The Morgan fingerprint density at radius 1 is 1.29 bits per heavy atom. The second-order valence-corrected chi connectivity index (χ2v) is 3.92. The maximum atomic E-state index is 11.2. The zero-order valence-corrected chi connectivity index (χ0v) is 9.18. The summed E-state index contributed by atoms with van der Waals surface area (Å²) in [7, 11) is 0. The predicted octanol–water partition coefficient (Wildman–Crippen LogP) is 2.64. The monoisotopic (exact) mass is 232 g/mol. The Hall–Kier alpha value is -2.17. The number of nitrogens with one attached hydrogen (secondary N) is 1. The van der Waals surface area contributed by atoms with Gasteiger partial charge in [0.05, 0.1) is 4.92 Å². The van der Waals surface area contributed by atoms with Crippen molar-refractivity contribution in [2.24, 2.45) is 0 Å². The van der Waals surface area contributed by atoms with Crippen molar-refractivity contribution >= 4 is 17.2 Å². The fourth-order valence-electron chi connectivity index (χ4n) is 1.77. The zero-order valence-electron chi connectivity index (χ0n) is 9.18. The molecule has 1 N–H and O–H groups in total. The van der Waals surface area contributed by atoms with E-state index in [4.69, 9.17) is 0 Å². The number of nitrogens with zero attached hydrogens (tertiary/aromatic N) is 1. The summed E-state index contributed by atoms with van der Waals surface area (Å²) >= 11 is 0. The molecule has 0 aliphatic heterocycles. The Morgan fingerprint density at radius 3 is 2.82 bits per heavy atom. The SMILES string of the molecule is O=C1C=C(Nc2cccc([N+](=O)[O-])c2)CCC1. The average Bonchev–Trinajstić information content (AvgIpc) is 2.29. The van der Waals surface area contributed by atoms with E-state index >= 15 is 0 Å². The van der Waals surface area contributed by atoms with Crippen LogP contribution in [-0.2, 0) is 4.79 Å². The zero-order chi connectivity index (χ0) is 12.3. The summed E-state index contributed by atoms with van der Waals surface area (Å²) in [5.41, 5.74) is 1.50. The molecular formula is C12H12N2O3. The topological polar surface area (TPSA) is 72.2 Å². The van der Waals surface area contributed by atoms with Gasteiger partial charge in [0.25, 0.3) is 5.69 Å². The largest absolute Gasteiger partial charge is 0.359 e. The number of anilines is 1. The van der Waals surface area contributed by atoms with E-state index in [1.807, 2.05) is 0 Å². The van der Waals surface area contributed by atoms with Crippen LogP contribution in [0, 0.1) is 10.1 Å². The number of allylic oxidation sites excluding steroid dienone is 2. The van der Waals surface area contributed by atoms with Crippen LogP contribution in [0.1, 0.15) is 19.3 Å². The van der Waals surface area contributed by atoms with Crippen LogP contribution in [0.15, 0.2) is 36.0 Å². The molecule has 0 aromatic heterocycles. The average molecular weight is 232 g/mol. The molecule has 0 atom stereocenters. The minimum Gasteiger partial charge on any atom is -0.359 e. The van der Waals surface area contributed by atoms with Crippen molar-refractivity contribution in [3.8, 4) is 0 Å². The molecule has 1 aromatic carbocycles. The fourth-order valence-corrected chi connectivity index (χ4v) is 1.77. The maximum Gasteiger partial charge on any atom is 0.271 e. The summed E-state index contributed by atoms with van der Waals surface area (Å²) in [5, 5.41) is 13.6. The molecule has 88 valence electrons. The molecule has 1 aromatic rings. The van der Waals surface area contributed by atoms with E-state index in [0.29, 0.717) is 12.1 Å². The molecule has 0 bridgehead atoms. The Bertz CT molecular complexity index is 494. The molecule has 2 rings (SSSR count). The minimum atomic E-state index is -0.439. The number of non-ortho nitro benzene ring substituents is 1. The third-order valence-corrected chi connectivity index (χ3v) is 2.57. The first-order valence-electron chi connectivity index (χ1n) is 5.40. The van der Waals surface area contributed by atoms with Gasteiger partial charge in [0.2, 0.25) is 0 Å². The van der Waals surface area contributed by atoms with Crippen LogP contribution in [0.5, 0.6) is 0 Å². The van der Waals surface area contributed by atoms with Crippen molar-refractivity contribution < 1.29 is 9.72 Å². The van der Waals surface area contributed by atoms with E-state index in [-0.39, 0.29) is 11.5 Å². The van der Waals surface area contributed by atoms with Crippen LogP contribution in [0.4, 0.5) is 11.4 Å². The minimum absolute atomic E-state index is 0.0396. The van der Waals surface area contributed by atoms with Crippen molar-refractivity contribution in [1.82, 2.24) is 0 Å². The second-order valence-electron chi connectivity index (χ2n) is 3.92. The summed E-state index contributed by atoms with van der Waals surface area (Å²) < 4.78 is 0. The molecule has 0 heterocycles. The van der Waals surface area contributed by atoms with Crippen molar-refractivity contribution in [3.05, 3.63) is 46.2 Å². The number of hydrogen-bond donors (Lipinski definition) is 1. The second kappa shape index (κ2) is 4.78. The summed E-state index contributed by atoms with van der Waals surface area (Å²) in [6.45, 7) is 0. The first-order valence-corrected chi connectivity index (χ1v) is 5.40. The number of carbonyl (C=O) groups is 1. The molecule has 0 radical (unpaired) electrons. The highest BCUT2D eigenvalue weighted by Crippen LogP contribution is 2.21. The van der Waals surface area contributed by atoms with E-state index in [9.17, 15) is 14.9 Å². The van der Waals surface area contributed by atoms with Crippen LogP contribution in [-0.4, -0.2) is 10.7 Å². The van der Waals surface area contributed by atoms with Gasteiger partial charge in [-0.15, -0.1) is 0 Å². The van der Waals surface area contributed by atoms with Gasteiger partial charge in [-0.25, -0.2) is 0 Å². The molecule has 0 fully saturated rings. The third-order valence-electron chi connectivity index (χ3n) is 2.57. The lowest BCUT2D eigenvalue weighted by molar-refractivity contribution is -0.384. The van der Waals surface area contributed by atoms with Gasteiger partial charge in [0.15, 0.2) is 5.78 Å². The fraction of sp³-hybridized carbons (Fsp3) is 0.250. The molecule has 1 aliphatic carbocycles. The first-order chi connectivity index (χ1) is 8.15. The van der Waals surface area contributed by atoms with E-state index in [2.05, 4.69) is 5.32 Å². The van der Waals surface area contributed by atoms with Crippen molar-refractivity contribution in [1.29, 1.82) is 0 Å². The van der Waals surface area contributed by atoms with Gasteiger partial charge < -0.3 is 5.32 Å². The van der Waals surface area contributed by atoms with Gasteiger partial charge in [0, 0.05) is 36.0 Å². The number of nitro groups is 1. The molecular weight excluding hydrogens is 220 g/mol.